The highest BCUT2D eigenvalue weighted by Gasteiger charge is 2.45. The maximum atomic E-state index is 12.5. The zero-order valence-electron chi connectivity index (χ0n) is 10.6. The van der Waals surface area contributed by atoms with Crippen molar-refractivity contribution in [2.45, 2.75) is 68.9 Å². The van der Waals surface area contributed by atoms with Crippen LogP contribution in [0.1, 0.15) is 38.5 Å². The van der Waals surface area contributed by atoms with Crippen molar-refractivity contribution < 1.29 is 14.6 Å². The van der Waals surface area contributed by atoms with Crippen molar-refractivity contribution in [3.8, 4) is 0 Å². The Hall–Kier alpha value is -0.650. The highest BCUT2D eigenvalue weighted by Crippen LogP contribution is 2.37. The topological polar surface area (TPSA) is 75.8 Å². The van der Waals surface area contributed by atoms with E-state index in [0.717, 1.165) is 38.5 Å². The van der Waals surface area contributed by atoms with E-state index in [4.69, 9.17) is 10.5 Å². The highest BCUT2D eigenvalue weighted by molar-refractivity contribution is 5.82. The molecule has 2 bridgehead atoms. The number of carbonyl (C=O) groups is 1. The van der Waals surface area contributed by atoms with Gasteiger partial charge in [-0.15, -0.1) is 0 Å². The Morgan fingerprint density at radius 1 is 1.22 bits per heavy atom. The van der Waals surface area contributed by atoms with Gasteiger partial charge in [-0.1, -0.05) is 0 Å². The molecule has 0 aliphatic carbocycles. The summed E-state index contributed by atoms with van der Waals surface area (Å²) in [6.45, 7) is 0.495. The van der Waals surface area contributed by atoms with Gasteiger partial charge in [-0.25, -0.2) is 0 Å². The average molecular weight is 254 g/mol. The second kappa shape index (κ2) is 4.79. The number of carbonyl (C=O) groups excluding carboxylic acids is 1. The molecule has 3 N–H and O–H groups in total. The van der Waals surface area contributed by atoms with Crippen LogP contribution >= 0.6 is 0 Å². The fourth-order valence-corrected chi connectivity index (χ4v) is 3.74. The molecule has 102 valence electrons. The number of amides is 1. The van der Waals surface area contributed by atoms with Gasteiger partial charge < -0.3 is 20.5 Å². The number of nitrogens with two attached hydrogens (primary N) is 1. The molecule has 3 aliphatic heterocycles. The first-order valence-electron chi connectivity index (χ1n) is 7.04. The molecule has 4 atom stereocenters. The van der Waals surface area contributed by atoms with Gasteiger partial charge in [-0.05, 0) is 38.5 Å². The van der Waals surface area contributed by atoms with Crippen LogP contribution in [0, 0.1) is 0 Å². The minimum absolute atomic E-state index is 0.0481. The second-order valence-corrected chi connectivity index (χ2v) is 5.82. The Morgan fingerprint density at radius 3 is 2.44 bits per heavy atom. The van der Waals surface area contributed by atoms with E-state index in [1.54, 1.807) is 0 Å². The molecule has 5 nitrogen and oxygen atoms in total. The first kappa shape index (κ1) is 12.4. The standard InChI is InChI=1S/C13H22N2O3/c14-7-11-3-4-12(18-11)13(17)15-8-1-2-9(15)6-10(16)5-8/h8-12,16H,1-7,14H2. The Morgan fingerprint density at radius 2 is 1.89 bits per heavy atom. The van der Waals surface area contributed by atoms with Gasteiger partial charge in [-0.2, -0.15) is 0 Å². The third-order valence-electron chi connectivity index (χ3n) is 4.61. The number of aliphatic hydroxyl groups is 1. The molecule has 3 heterocycles. The predicted octanol–water partition coefficient (Wildman–Crippen LogP) is 0.00700. The van der Waals surface area contributed by atoms with Gasteiger partial charge in [0, 0.05) is 18.6 Å². The molecule has 0 saturated carbocycles. The predicted molar refractivity (Wildman–Crippen MR) is 65.8 cm³/mol. The summed E-state index contributed by atoms with van der Waals surface area (Å²) in [5, 5.41) is 9.75. The number of aliphatic hydroxyl groups excluding tert-OH is 1. The quantitative estimate of drug-likeness (QED) is 0.727. The average Bonchev–Trinajstić information content (AvgIpc) is 2.92. The summed E-state index contributed by atoms with van der Waals surface area (Å²) in [6, 6.07) is 0.457. The lowest BCUT2D eigenvalue weighted by atomic mass is 9.99. The number of nitrogens with zero attached hydrogens (tertiary/aromatic N) is 1. The molecule has 0 radical (unpaired) electrons. The molecule has 0 aromatic heterocycles. The van der Waals surface area contributed by atoms with E-state index >= 15 is 0 Å². The van der Waals surface area contributed by atoms with Crippen molar-refractivity contribution in [3.05, 3.63) is 0 Å². The summed E-state index contributed by atoms with van der Waals surface area (Å²) in [5.41, 5.74) is 5.58. The van der Waals surface area contributed by atoms with E-state index in [2.05, 4.69) is 0 Å². The summed E-state index contributed by atoms with van der Waals surface area (Å²) in [4.78, 5) is 14.5. The number of ether oxygens (including phenoxy) is 1. The van der Waals surface area contributed by atoms with Crippen LogP contribution in [-0.4, -0.2) is 52.9 Å². The molecule has 3 aliphatic rings. The van der Waals surface area contributed by atoms with Gasteiger partial charge in [0.15, 0.2) is 0 Å². The molecule has 0 aromatic rings. The minimum Gasteiger partial charge on any atom is -0.393 e. The van der Waals surface area contributed by atoms with Crippen molar-refractivity contribution >= 4 is 5.91 Å². The number of hydrogen-bond donors (Lipinski definition) is 2. The van der Waals surface area contributed by atoms with Gasteiger partial charge >= 0.3 is 0 Å². The zero-order chi connectivity index (χ0) is 12.7. The molecule has 5 heteroatoms. The number of fused-ring (bicyclic) bond motifs is 2. The molecular weight excluding hydrogens is 232 g/mol. The van der Waals surface area contributed by atoms with Crippen LogP contribution in [0.2, 0.25) is 0 Å². The normalized spacial score (nSPS) is 43.4. The van der Waals surface area contributed by atoms with Crippen molar-refractivity contribution in [1.82, 2.24) is 4.90 Å². The van der Waals surface area contributed by atoms with Crippen LogP contribution in [0.4, 0.5) is 0 Å². The molecule has 3 saturated heterocycles. The third-order valence-corrected chi connectivity index (χ3v) is 4.61. The number of rotatable bonds is 2. The zero-order valence-corrected chi connectivity index (χ0v) is 10.6. The molecular formula is C13H22N2O3. The van der Waals surface area contributed by atoms with E-state index in [1.807, 2.05) is 4.90 Å². The van der Waals surface area contributed by atoms with Crippen LogP contribution in [0.5, 0.6) is 0 Å². The molecule has 3 rings (SSSR count). The van der Waals surface area contributed by atoms with Crippen LogP contribution in [0.15, 0.2) is 0 Å². The van der Waals surface area contributed by atoms with Crippen LogP contribution in [0.3, 0.4) is 0 Å². The van der Waals surface area contributed by atoms with Crippen LogP contribution < -0.4 is 5.73 Å². The van der Waals surface area contributed by atoms with Gasteiger partial charge in [0.1, 0.15) is 6.10 Å². The summed E-state index contributed by atoms with van der Waals surface area (Å²) in [5.74, 6) is 0.130. The van der Waals surface area contributed by atoms with Crippen molar-refractivity contribution in [2.24, 2.45) is 5.73 Å². The fourth-order valence-electron chi connectivity index (χ4n) is 3.74. The maximum Gasteiger partial charge on any atom is 0.252 e. The van der Waals surface area contributed by atoms with Gasteiger partial charge in [0.05, 0.1) is 12.2 Å². The summed E-state index contributed by atoms with van der Waals surface area (Å²) < 4.78 is 5.70. The lowest BCUT2D eigenvalue weighted by molar-refractivity contribution is -0.149. The molecule has 18 heavy (non-hydrogen) atoms. The summed E-state index contributed by atoms with van der Waals surface area (Å²) >= 11 is 0. The smallest absolute Gasteiger partial charge is 0.252 e. The van der Waals surface area contributed by atoms with Crippen LogP contribution in [0.25, 0.3) is 0 Å². The van der Waals surface area contributed by atoms with Crippen molar-refractivity contribution in [1.29, 1.82) is 0 Å². The summed E-state index contributed by atoms with van der Waals surface area (Å²) in [6.07, 6.45) is 4.72. The van der Waals surface area contributed by atoms with Crippen molar-refractivity contribution in [3.63, 3.8) is 0 Å². The largest absolute Gasteiger partial charge is 0.393 e. The Balaban J connectivity index is 1.67. The number of piperidine rings is 1. The third kappa shape index (κ3) is 2.04. The van der Waals surface area contributed by atoms with E-state index in [0.29, 0.717) is 6.54 Å². The molecule has 0 spiro atoms. The van der Waals surface area contributed by atoms with Crippen molar-refractivity contribution in [2.75, 3.05) is 6.54 Å². The maximum absolute atomic E-state index is 12.5. The monoisotopic (exact) mass is 254 g/mol. The van der Waals surface area contributed by atoms with E-state index in [-0.39, 0.29) is 36.3 Å². The molecule has 4 unspecified atom stereocenters. The molecule has 3 fully saturated rings. The SMILES string of the molecule is NCC1CCC(C(=O)N2C3CCC2CC(O)C3)O1. The number of hydrogen-bond acceptors (Lipinski definition) is 4. The Kier molecular flexibility index (Phi) is 3.30. The molecule has 0 aromatic carbocycles. The Bertz CT molecular complexity index is 322. The first-order chi connectivity index (χ1) is 8.69. The first-order valence-corrected chi connectivity index (χ1v) is 7.04. The van der Waals surface area contributed by atoms with Gasteiger partial charge in [-0.3, -0.25) is 4.79 Å². The molecule has 1 amide bonds. The van der Waals surface area contributed by atoms with Gasteiger partial charge in [0.2, 0.25) is 0 Å². The van der Waals surface area contributed by atoms with E-state index < -0.39 is 0 Å². The van der Waals surface area contributed by atoms with E-state index in [1.165, 1.54) is 0 Å². The lowest BCUT2D eigenvalue weighted by Crippen LogP contribution is -2.51. The van der Waals surface area contributed by atoms with Crippen LogP contribution in [-0.2, 0) is 9.53 Å². The fraction of sp³-hybridized carbons (Fsp3) is 0.923. The highest BCUT2D eigenvalue weighted by atomic mass is 16.5. The lowest BCUT2D eigenvalue weighted by Gasteiger charge is -2.38. The Labute approximate surface area is 107 Å². The van der Waals surface area contributed by atoms with Gasteiger partial charge in [0.25, 0.3) is 5.91 Å². The second-order valence-electron chi connectivity index (χ2n) is 5.82. The minimum atomic E-state index is -0.295. The van der Waals surface area contributed by atoms with E-state index in [9.17, 15) is 9.90 Å². The summed E-state index contributed by atoms with van der Waals surface area (Å²) in [7, 11) is 0.